The van der Waals surface area contributed by atoms with E-state index in [0.717, 1.165) is 65.3 Å². The summed E-state index contributed by atoms with van der Waals surface area (Å²) in [5, 5.41) is 17.5. The Hall–Kier alpha value is -3.86. The highest BCUT2D eigenvalue weighted by molar-refractivity contribution is 7.12. The number of fused-ring (bicyclic) bond motifs is 1. The summed E-state index contributed by atoms with van der Waals surface area (Å²) in [6.45, 7) is 9.11. The molecular formula is C35H51N7O2S. The molecule has 0 amide bonds. The van der Waals surface area contributed by atoms with Gasteiger partial charge in [0.05, 0.1) is 29.2 Å². The maximum atomic E-state index is 10.9. The third-order valence-corrected chi connectivity index (χ3v) is 8.29. The van der Waals surface area contributed by atoms with Crippen molar-refractivity contribution >= 4 is 46.8 Å². The van der Waals surface area contributed by atoms with Crippen LogP contribution in [0.5, 0.6) is 0 Å². The number of piperidine rings is 1. The highest BCUT2D eigenvalue weighted by Gasteiger charge is 2.09. The number of nitrogens with zero attached hydrogens (tertiary/aromatic N) is 2. The van der Waals surface area contributed by atoms with Crippen LogP contribution in [0.4, 0.5) is 17.1 Å². The minimum atomic E-state index is 0.715. The number of benzene rings is 1. The zero-order valence-electron chi connectivity index (χ0n) is 27.3. The quantitative estimate of drug-likeness (QED) is 0.123. The summed E-state index contributed by atoms with van der Waals surface area (Å²) in [6, 6.07) is 12.2. The Bertz CT molecular complexity index is 1420. The Labute approximate surface area is 272 Å². The molecule has 2 aliphatic rings. The maximum Gasteiger partial charge on any atom is 0.162 e. The Morgan fingerprint density at radius 1 is 1.00 bits per heavy atom. The first-order chi connectivity index (χ1) is 22.2. The summed E-state index contributed by atoms with van der Waals surface area (Å²) < 4.78 is 0. The summed E-state index contributed by atoms with van der Waals surface area (Å²) in [5.41, 5.74) is 7.03. The van der Waals surface area contributed by atoms with E-state index in [9.17, 15) is 4.79 Å². The molecule has 9 nitrogen and oxygen atoms in total. The molecular weight excluding hydrogens is 582 g/mol. The fourth-order valence-corrected chi connectivity index (χ4v) is 5.77. The van der Waals surface area contributed by atoms with E-state index in [2.05, 4.69) is 54.8 Å². The van der Waals surface area contributed by atoms with E-state index in [1.165, 1.54) is 60.9 Å². The molecule has 0 bridgehead atoms. The molecule has 1 aromatic carbocycles. The van der Waals surface area contributed by atoms with Crippen LogP contribution in [-0.2, 0) is 11.4 Å². The number of hydrogen-bond donors (Lipinski definition) is 5. The molecule has 1 saturated heterocycles. The lowest BCUT2D eigenvalue weighted by Gasteiger charge is -2.26. The summed E-state index contributed by atoms with van der Waals surface area (Å²) in [7, 11) is 3.52. The molecule has 0 unspecified atom stereocenters. The van der Waals surface area contributed by atoms with E-state index < -0.39 is 0 Å². The number of hydrogen-bond acceptors (Lipinski definition) is 10. The van der Waals surface area contributed by atoms with Gasteiger partial charge in [-0.25, -0.2) is 0 Å². The molecule has 2 aromatic heterocycles. The number of hydroxylamine groups is 1. The molecule has 3 heterocycles. The second kappa shape index (κ2) is 21.0. The van der Waals surface area contributed by atoms with E-state index in [1.54, 1.807) is 13.3 Å². The summed E-state index contributed by atoms with van der Waals surface area (Å²) in [5.74, 6) is 0.890. The molecule has 45 heavy (non-hydrogen) atoms. The number of likely N-dealkylation sites (tertiary alicyclic amines) is 1. The minimum absolute atomic E-state index is 0.715. The van der Waals surface area contributed by atoms with Crippen LogP contribution in [0.1, 0.15) is 67.6 Å². The third-order valence-electron chi connectivity index (χ3n) is 7.44. The monoisotopic (exact) mass is 633 g/mol. The average Bonchev–Trinajstić information content (AvgIpc) is 3.42. The van der Waals surface area contributed by atoms with Crippen LogP contribution < -0.4 is 37.3 Å². The molecule has 0 spiro atoms. The molecule has 244 valence electrons. The number of aldehydes is 1. The normalized spacial score (nSPS) is 14.4. The van der Waals surface area contributed by atoms with Crippen molar-refractivity contribution in [2.24, 2.45) is 0 Å². The number of nitrogens with one attached hydrogen (secondary N) is 5. The van der Waals surface area contributed by atoms with Crippen LogP contribution >= 0.6 is 11.3 Å². The lowest BCUT2D eigenvalue weighted by Crippen LogP contribution is -2.36. The van der Waals surface area contributed by atoms with Crippen molar-refractivity contribution in [3.05, 3.63) is 81.0 Å². The zero-order chi connectivity index (χ0) is 32.1. The van der Waals surface area contributed by atoms with E-state index >= 15 is 0 Å². The van der Waals surface area contributed by atoms with Gasteiger partial charge in [0, 0.05) is 49.5 Å². The second-order valence-corrected chi connectivity index (χ2v) is 11.4. The molecule has 1 aliphatic heterocycles. The maximum absolute atomic E-state index is 10.9. The Morgan fingerprint density at radius 3 is 2.49 bits per heavy atom. The van der Waals surface area contributed by atoms with Gasteiger partial charge in [-0.2, -0.15) is 0 Å². The van der Waals surface area contributed by atoms with Gasteiger partial charge in [-0.15, -0.1) is 11.3 Å². The molecule has 10 heteroatoms. The highest BCUT2D eigenvalue weighted by Crippen LogP contribution is 2.20. The number of carbonyl (C=O) groups is 1. The largest absolute Gasteiger partial charge is 0.388 e. The smallest absolute Gasteiger partial charge is 0.162 e. The first kappa shape index (κ1) is 35.6. The predicted octanol–water partition coefficient (Wildman–Crippen LogP) is 5.50. The Morgan fingerprint density at radius 2 is 1.76 bits per heavy atom. The van der Waals surface area contributed by atoms with Gasteiger partial charge in [0.15, 0.2) is 6.29 Å². The molecule has 1 fully saturated rings. The first-order valence-electron chi connectivity index (χ1n) is 16.1. The van der Waals surface area contributed by atoms with Crippen molar-refractivity contribution < 1.29 is 9.63 Å². The summed E-state index contributed by atoms with van der Waals surface area (Å²) in [6.07, 6.45) is 16.4. The molecule has 5 N–H and O–H groups in total. The molecule has 0 atom stereocenters. The Balaban J connectivity index is 0.000000234. The SMILES string of the molecule is CC.CNc1ccc(N/C(=C/NOC)NCCN2CCCCC2)cc1.O=Cc1sccc1NCc1ccnc2c1=CCCCC=2. The van der Waals surface area contributed by atoms with Gasteiger partial charge in [0.2, 0.25) is 0 Å². The number of aromatic nitrogens is 1. The summed E-state index contributed by atoms with van der Waals surface area (Å²) >= 11 is 1.46. The fraction of sp³-hybridized carbons (Fsp3) is 0.429. The number of thiophene rings is 1. The molecule has 3 aromatic rings. The van der Waals surface area contributed by atoms with Gasteiger partial charge in [0.25, 0.3) is 0 Å². The van der Waals surface area contributed by atoms with Crippen molar-refractivity contribution in [3.63, 3.8) is 0 Å². The van der Waals surface area contributed by atoms with Crippen LogP contribution in [0.2, 0.25) is 0 Å². The van der Waals surface area contributed by atoms with Crippen LogP contribution in [0.25, 0.3) is 12.2 Å². The van der Waals surface area contributed by atoms with Crippen LogP contribution in [0.15, 0.2) is 60.0 Å². The van der Waals surface area contributed by atoms with Crippen LogP contribution in [-0.4, -0.2) is 56.5 Å². The van der Waals surface area contributed by atoms with Crippen molar-refractivity contribution in [3.8, 4) is 0 Å². The summed E-state index contributed by atoms with van der Waals surface area (Å²) in [4.78, 5) is 23.6. The van der Waals surface area contributed by atoms with Gasteiger partial charge in [-0.1, -0.05) is 32.4 Å². The molecule has 0 saturated carbocycles. The van der Waals surface area contributed by atoms with Gasteiger partial charge in [-0.3, -0.25) is 20.1 Å². The van der Waals surface area contributed by atoms with E-state index in [4.69, 9.17) is 4.84 Å². The van der Waals surface area contributed by atoms with Crippen molar-refractivity contribution in [1.82, 2.24) is 20.7 Å². The third kappa shape index (κ3) is 12.2. The highest BCUT2D eigenvalue weighted by atomic mass is 32.1. The number of carbonyl (C=O) groups excluding carboxylic acids is 1. The van der Waals surface area contributed by atoms with Gasteiger partial charge < -0.3 is 26.2 Å². The topological polar surface area (TPSA) is 103 Å². The average molecular weight is 634 g/mol. The molecule has 1 aliphatic carbocycles. The van der Waals surface area contributed by atoms with E-state index in [0.29, 0.717) is 6.54 Å². The van der Waals surface area contributed by atoms with Crippen molar-refractivity contribution in [2.75, 3.05) is 56.3 Å². The molecule has 5 rings (SSSR count). The lowest BCUT2D eigenvalue weighted by atomic mass is 10.1. The van der Waals surface area contributed by atoms with E-state index in [1.807, 2.05) is 62.8 Å². The Kier molecular flexibility index (Phi) is 16.6. The minimum Gasteiger partial charge on any atom is -0.388 e. The first-order valence-corrected chi connectivity index (χ1v) is 17.0. The van der Waals surface area contributed by atoms with Gasteiger partial charge >= 0.3 is 0 Å². The lowest BCUT2D eigenvalue weighted by molar-refractivity contribution is 0.112. The van der Waals surface area contributed by atoms with Crippen LogP contribution in [0.3, 0.4) is 0 Å². The van der Waals surface area contributed by atoms with E-state index in [-0.39, 0.29) is 0 Å². The number of rotatable bonds is 13. The molecule has 0 radical (unpaired) electrons. The van der Waals surface area contributed by atoms with Gasteiger partial charge in [0.1, 0.15) is 5.82 Å². The van der Waals surface area contributed by atoms with Crippen molar-refractivity contribution in [1.29, 1.82) is 0 Å². The van der Waals surface area contributed by atoms with Crippen molar-refractivity contribution in [2.45, 2.75) is 58.9 Å². The fourth-order valence-electron chi connectivity index (χ4n) is 5.09. The van der Waals surface area contributed by atoms with Crippen LogP contribution in [0, 0.1) is 0 Å². The standard InChI is InChI=1S/C17H29N5O.C16H16N2OS.C2H6/c1-18-15-6-8-16(9-7-15)21-17(14-20-23-2)19-10-13-22-11-4-3-5-12-22;19-11-16-15(7-9-20-16)18-10-12-6-8-17-14-5-3-1-2-4-13(12)14;1-2/h6-9,14,18-21H,3-5,10-13H2,1-2H3;4-9,11,18H,1-3,10H2;1-2H3/b17-14+;;. The number of pyridine rings is 1. The van der Waals surface area contributed by atoms with Gasteiger partial charge in [-0.05, 0) is 92.5 Å². The second-order valence-electron chi connectivity index (χ2n) is 10.4. The zero-order valence-corrected chi connectivity index (χ0v) is 28.1. The number of anilines is 3. The predicted molar refractivity (Wildman–Crippen MR) is 191 cm³/mol.